The molecule has 0 atom stereocenters. The van der Waals surface area contributed by atoms with E-state index in [2.05, 4.69) is 4.98 Å². The summed E-state index contributed by atoms with van der Waals surface area (Å²) in [5.41, 5.74) is 0.536. The van der Waals surface area contributed by atoms with Gasteiger partial charge in [-0.1, -0.05) is 6.07 Å². The van der Waals surface area contributed by atoms with Gasteiger partial charge >= 0.3 is 6.03 Å². The summed E-state index contributed by atoms with van der Waals surface area (Å²) in [6.45, 7) is 2.48. The van der Waals surface area contributed by atoms with Crippen LogP contribution in [0, 0.1) is 0 Å². The SMILES string of the molecule is CN(C)C(=O)N1CCC2(CC1)CN(Cc1ccccn1)C(=O)CO2. The smallest absolute Gasteiger partial charge is 0.319 e. The van der Waals surface area contributed by atoms with Crippen molar-refractivity contribution in [3.05, 3.63) is 30.1 Å². The number of amides is 3. The van der Waals surface area contributed by atoms with Gasteiger partial charge in [-0.2, -0.15) is 0 Å². The van der Waals surface area contributed by atoms with Crippen LogP contribution in [0.1, 0.15) is 18.5 Å². The molecule has 7 heteroatoms. The molecule has 2 aliphatic rings. The number of likely N-dealkylation sites (tertiary alicyclic amines) is 1. The Morgan fingerprint density at radius 3 is 2.71 bits per heavy atom. The third kappa shape index (κ3) is 3.51. The molecule has 0 unspecified atom stereocenters. The van der Waals surface area contributed by atoms with Gasteiger partial charge < -0.3 is 19.4 Å². The minimum atomic E-state index is -0.341. The van der Waals surface area contributed by atoms with Crippen molar-refractivity contribution in [2.24, 2.45) is 0 Å². The molecular formula is C17H24N4O3. The lowest BCUT2D eigenvalue weighted by Gasteiger charge is -2.47. The summed E-state index contributed by atoms with van der Waals surface area (Å²) >= 11 is 0. The van der Waals surface area contributed by atoms with Crippen LogP contribution in [0.4, 0.5) is 4.79 Å². The number of carbonyl (C=O) groups excluding carboxylic acids is 2. The molecule has 3 rings (SSSR count). The molecule has 0 saturated carbocycles. The van der Waals surface area contributed by atoms with E-state index < -0.39 is 0 Å². The van der Waals surface area contributed by atoms with Crippen LogP contribution in [0.25, 0.3) is 0 Å². The van der Waals surface area contributed by atoms with Gasteiger partial charge in [-0.05, 0) is 25.0 Å². The van der Waals surface area contributed by atoms with Crippen LogP contribution < -0.4 is 0 Å². The lowest BCUT2D eigenvalue weighted by Crippen LogP contribution is -2.59. The van der Waals surface area contributed by atoms with Crippen LogP contribution in [0.15, 0.2) is 24.4 Å². The highest BCUT2D eigenvalue weighted by Crippen LogP contribution is 2.31. The predicted octanol–water partition coefficient (Wildman–Crippen LogP) is 0.957. The maximum atomic E-state index is 12.2. The highest BCUT2D eigenvalue weighted by atomic mass is 16.5. The first-order chi connectivity index (χ1) is 11.5. The highest BCUT2D eigenvalue weighted by Gasteiger charge is 2.43. The van der Waals surface area contributed by atoms with Crippen LogP contribution in [0.5, 0.6) is 0 Å². The van der Waals surface area contributed by atoms with E-state index in [1.807, 2.05) is 28.0 Å². The molecule has 2 aliphatic heterocycles. The van der Waals surface area contributed by atoms with Gasteiger partial charge in [0, 0.05) is 33.4 Å². The van der Waals surface area contributed by atoms with Crippen LogP contribution in [-0.2, 0) is 16.1 Å². The second kappa shape index (κ2) is 6.76. The number of aromatic nitrogens is 1. The fourth-order valence-electron chi connectivity index (χ4n) is 3.31. The van der Waals surface area contributed by atoms with E-state index >= 15 is 0 Å². The van der Waals surface area contributed by atoms with Crippen molar-refractivity contribution in [1.82, 2.24) is 19.7 Å². The van der Waals surface area contributed by atoms with E-state index in [-0.39, 0.29) is 24.1 Å². The normalized spacial score (nSPS) is 20.3. The lowest BCUT2D eigenvalue weighted by molar-refractivity contribution is -0.171. The van der Waals surface area contributed by atoms with Crippen molar-refractivity contribution < 1.29 is 14.3 Å². The van der Waals surface area contributed by atoms with Crippen molar-refractivity contribution in [1.29, 1.82) is 0 Å². The van der Waals surface area contributed by atoms with Gasteiger partial charge in [0.15, 0.2) is 0 Å². The molecule has 7 nitrogen and oxygen atoms in total. The minimum absolute atomic E-state index is 0.00178. The van der Waals surface area contributed by atoms with E-state index in [0.717, 1.165) is 18.5 Å². The number of morpholine rings is 1. The molecule has 0 aromatic carbocycles. The Morgan fingerprint density at radius 2 is 2.08 bits per heavy atom. The second-order valence-electron chi connectivity index (χ2n) is 6.71. The zero-order chi connectivity index (χ0) is 17.2. The number of hydrogen-bond donors (Lipinski definition) is 0. The molecule has 3 amide bonds. The topological polar surface area (TPSA) is 66.0 Å². The molecule has 24 heavy (non-hydrogen) atoms. The summed E-state index contributed by atoms with van der Waals surface area (Å²) in [4.78, 5) is 33.8. The highest BCUT2D eigenvalue weighted by molar-refractivity contribution is 5.78. The number of rotatable bonds is 2. The lowest BCUT2D eigenvalue weighted by atomic mass is 9.89. The summed E-state index contributed by atoms with van der Waals surface area (Å²) < 4.78 is 5.91. The number of carbonyl (C=O) groups is 2. The molecule has 0 N–H and O–H groups in total. The number of pyridine rings is 1. The first-order valence-corrected chi connectivity index (χ1v) is 8.27. The zero-order valence-corrected chi connectivity index (χ0v) is 14.3. The number of piperidine rings is 1. The van der Waals surface area contributed by atoms with E-state index in [0.29, 0.717) is 26.2 Å². The molecule has 3 heterocycles. The van der Waals surface area contributed by atoms with Gasteiger partial charge in [-0.3, -0.25) is 9.78 Å². The molecule has 130 valence electrons. The molecule has 2 fully saturated rings. The van der Waals surface area contributed by atoms with Gasteiger partial charge in [-0.15, -0.1) is 0 Å². The van der Waals surface area contributed by atoms with Crippen molar-refractivity contribution >= 4 is 11.9 Å². The maximum Gasteiger partial charge on any atom is 0.319 e. The number of ether oxygens (including phenoxy) is 1. The minimum Gasteiger partial charge on any atom is -0.363 e. The van der Waals surface area contributed by atoms with Gasteiger partial charge in [-0.25, -0.2) is 4.79 Å². The Kier molecular flexibility index (Phi) is 4.71. The first kappa shape index (κ1) is 16.7. The second-order valence-corrected chi connectivity index (χ2v) is 6.71. The van der Waals surface area contributed by atoms with Crippen molar-refractivity contribution in [2.75, 3.05) is 40.3 Å². The molecule has 2 saturated heterocycles. The Labute approximate surface area is 142 Å². The van der Waals surface area contributed by atoms with Gasteiger partial charge in [0.25, 0.3) is 0 Å². The zero-order valence-electron chi connectivity index (χ0n) is 14.3. The Balaban J connectivity index is 1.63. The first-order valence-electron chi connectivity index (χ1n) is 8.27. The molecule has 0 bridgehead atoms. The van der Waals surface area contributed by atoms with Crippen molar-refractivity contribution in [2.45, 2.75) is 25.0 Å². The van der Waals surface area contributed by atoms with Crippen LogP contribution >= 0.6 is 0 Å². The average Bonchev–Trinajstić information content (AvgIpc) is 2.59. The standard InChI is InChI=1S/C17H24N4O3/c1-19(2)16(23)20-9-6-17(7-10-20)13-21(15(22)12-24-17)11-14-5-3-4-8-18-14/h3-5,8H,6-7,9-13H2,1-2H3. The van der Waals surface area contributed by atoms with Crippen molar-refractivity contribution in [3.63, 3.8) is 0 Å². The predicted molar refractivity (Wildman–Crippen MR) is 88.2 cm³/mol. The third-order valence-electron chi connectivity index (χ3n) is 4.74. The summed E-state index contributed by atoms with van der Waals surface area (Å²) in [6.07, 6.45) is 3.23. The molecule has 1 aromatic heterocycles. The Hall–Kier alpha value is -2.15. The van der Waals surface area contributed by atoms with E-state index in [1.165, 1.54) is 0 Å². The van der Waals surface area contributed by atoms with E-state index in [1.54, 1.807) is 25.2 Å². The number of urea groups is 1. The average molecular weight is 332 g/mol. The third-order valence-corrected chi connectivity index (χ3v) is 4.74. The largest absolute Gasteiger partial charge is 0.363 e. The Bertz CT molecular complexity index is 597. The fraction of sp³-hybridized carbons (Fsp3) is 0.588. The fourth-order valence-corrected chi connectivity index (χ4v) is 3.31. The monoisotopic (exact) mass is 332 g/mol. The Morgan fingerprint density at radius 1 is 1.33 bits per heavy atom. The molecular weight excluding hydrogens is 308 g/mol. The van der Waals surface area contributed by atoms with E-state index in [4.69, 9.17) is 4.74 Å². The van der Waals surface area contributed by atoms with Crippen LogP contribution in [0.3, 0.4) is 0 Å². The molecule has 0 radical (unpaired) electrons. The van der Waals surface area contributed by atoms with Crippen LogP contribution in [0.2, 0.25) is 0 Å². The van der Waals surface area contributed by atoms with Gasteiger partial charge in [0.2, 0.25) is 5.91 Å². The van der Waals surface area contributed by atoms with Crippen molar-refractivity contribution in [3.8, 4) is 0 Å². The van der Waals surface area contributed by atoms with Crippen LogP contribution in [-0.4, -0.2) is 77.6 Å². The summed E-state index contributed by atoms with van der Waals surface area (Å²) in [5.74, 6) is -0.00178. The quantitative estimate of drug-likeness (QED) is 0.809. The summed E-state index contributed by atoms with van der Waals surface area (Å²) in [5, 5.41) is 0. The number of hydrogen-bond acceptors (Lipinski definition) is 4. The van der Waals surface area contributed by atoms with Gasteiger partial charge in [0.1, 0.15) is 6.61 Å². The van der Waals surface area contributed by atoms with Gasteiger partial charge in [0.05, 0.1) is 24.4 Å². The molecule has 1 spiro atoms. The summed E-state index contributed by atoms with van der Waals surface area (Å²) in [6, 6.07) is 5.74. The summed E-state index contributed by atoms with van der Waals surface area (Å²) in [7, 11) is 3.52. The molecule has 1 aromatic rings. The van der Waals surface area contributed by atoms with E-state index in [9.17, 15) is 9.59 Å². The molecule has 0 aliphatic carbocycles. The maximum absolute atomic E-state index is 12.2. The number of nitrogens with zero attached hydrogens (tertiary/aromatic N) is 4.